The molecular weight excluding hydrogens is 268 g/mol. The molecule has 0 spiro atoms. The number of amides is 1. The molecule has 0 bridgehead atoms. The molecule has 0 aromatic heterocycles. The zero-order valence-corrected chi connectivity index (χ0v) is 10.6. The van der Waals surface area contributed by atoms with Crippen molar-refractivity contribution in [3.63, 3.8) is 0 Å². The molecule has 0 aliphatic carbocycles. The predicted molar refractivity (Wildman–Crippen MR) is 67.3 cm³/mol. The fourth-order valence-corrected chi connectivity index (χ4v) is 2.11. The van der Waals surface area contributed by atoms with Crippen LogP contribution in [-0.2, 0) is 11.2 Å². The Bertz CT molecular complexity index is 358. The number of rotatable bonds is 3. The van der Waals surface area contributed by atoms with Gasteiger partial charge in [-0.15, -0.1) is 0 Å². The summed E-state index contributed by atoms with van der Waals surface area (Å²) in [6.45, 7) is 1.90. The molecular formula is C12H15BrN2O. The van der Waals surface area contributed by atoms with Gasteiger partial charge in [-0.1, -0.05) is 28.1 Å². The van der Waals surface area contributed by atoms with Crippen LogP contribution in [0, 0.1) is 0 Å². The van der Waals surface area contributed by atoms with Crippen LogP contribution in [0.25, 0.3) is 0 Å². The molecule has 1 heterocycles. The number of hydrogen-bond donors (Lipinski definition) is 2. The van der Waals surface area contributed by atoms with E-state index < -0.39 is 0 Å². The SMILES string of the molecule is O=C(Cc1ccc(Br)cc1)N[C@H]1CCNC1. The summed E-state index contributed by atoms with van der Waals surface area (Å²) in [6, 6.07) is 8.16. The third kappa shape index (κ3) is 3.32. The van der Waals surface area contributed by atoms with Crippen molar-refractivity contribution >= 4 is 21.8 Å². The average molecular weight is 283 g/mol. The minimum absolute atomic E-state index is 0.107. The highest BCUT2D eigenvalue weighted by atomic mass is 79.9. The summed E-state index contributed by atoms with van der Waals surface area (Å²) in [4.78, 5) is 11.7. The quantitative estimate of drug-likeness (QED) is 0.882. The minimum atomic E-state index is 0.107. The van der Waals surface area contributed by atoms with E-state index in [1.807, 2.05) is 24.3 Å². The fraction of sp³-hybridized carbons (Fsp3) is 0.417. The average Bonchev–Trinajstić information content (AvgIpc) is 2.74. The van der Waals surface area contributed by atoms with Gasteiger partial charge < -0.3 is 10.6 Å². The molecule has 1 fully saturated rings. The molecule has 3 nitrogen and oxygen atoms in total. The van der Waals surface area contributed by atoms with Crippen LogP contribution in [-0.4, -0.2) is 25.0 Å². The molecule has 2 N–H and O–H groups in total. The lowest BCUT2D eigenvalue weighted by Gasteiger charge is -2.11. The summed E-state index contributed by atoms with van der Waals surface area (Å²) in [5.41, 5.74) is 1.05. The second kappa shape index (κ2) is 5.46. The van der Waals surface area contributed by atoms with Gasteiger partial charge in [0, 0.05) is 17.1 Å². The summed E-state index contributed by atoms with van der Waals surface area (Å²) < 4.78 is 1.04. The van der Waals surface area contributed by atoms with Crippen molar-refractivity contribution in [1.29, 1.82) is 0 Å². The van der Waals surface area contributed by atoms with Crippen LogP contribution in [0.4, 0.5) is 0 Å². The van der Waals surface area contributed by atoms with E-state index in [0.29, 0.717) is 12.5 Å². The first-order valence-corrected chi connectivity index (χ1v) is 6.28. The van der Waals surface area contributed by atoms with E-state index in [2.05, 4.69) is 26.6 Å². The van der Waals surface area contributed by atoms with E-state index in [-0.39, 0.29) is 5.91 Å². The number of carbonyl (C=O) groups excluding carboxylic acids is 1. The van der Waals surface area contributed by atoms with E-state index >= 15 is 0 Å². The predicted octanol–water partition coefficient (Wildman–Crippen LogP) is 1.47. The Balaban J connectivity index is 1.84. The Morgan fingerprint density at radius 3 is 2.81 bits per heavy atom. The number of halogens is 1. The van der Waals surface area contributed by atoms with Gasteiger partial charge in [0.2, 0.25) is 5.91 Å². The molecule has 1 aromatic rings. The first-order chi connectivity index (χ1) is 7.74. The summed E-state index contributed by atoms with van der Waals surface area (Å²) in [5, 5.41) is 6.26. The van der Waals surface area contributed by atoms with Crippen LogP contribution in [0.3, 0.4) is 0 Å². The molecule has 1 atom stereocenters. The molecule has 0 saturated carbocycles. The highest BCUT2D eigenvalue weighted by molar-refractivity contribution is 9.10. The summed E-state index contributed by atoms with van der Waals surface area (Å²) >= 11 is 3.37. The number of hydrogen-bond acceptors (Lipinski definition) is 2. The van der Waals surface area contributed by atoms with Crippen molar-refractivity contribution in [2.45, 2.75) is 18.9 Å². The molecule has 1 aliphatic rings. The van der Waals surface area contributed by atoms with Crippen molar-refractivity contribution in [3.8, 4) is 0 Å². The maximum atomic E-state index is 11.7. The number of carbonyl (C=O) groups is 1. The van der Waals surface area contributed by atoms with Crippen LogP contribution >= 0.6 is 15.9 Å². The van der Waals surface area contributed by atoms with Crippen LogP contribution in [0.2, 0.25) is 0 Å². The molecule has 1 saturated heterocycles. The highest BCUT2D eigenvalue weighted by Gasteiger charge is 2.16. The number of benzene rings is 1. The third-order valence-electron chi connectivity index (χ3n) is 2.70. The highest BCUT2D eigenvalue weighted by Crippen LogP contribution is 2.11. The normalized spacial score (nSPS) is 19.7. The van der Waals surface area contributed by atoms with Crippen molar-refractivity contribution < 1.29 is 4.79 Å². The molecule has 86 valence electrons. The van der Waals surface area contributed by atoms with E-state index in [4.69, 9.17) is 0 Å². The summed E-state index contributed by atoms with van der Waals surface area (Å²) in [6.07, 6.45) is 1.50. The Labute approximate surface area is 104 Å². The monoisotopic (exact) mass is 282 g/mol. The molecule has 0 unspecified atom stereocenters. The van der Waals surface area contributed by atoms with Crippen molar-refractivity contribution in [1.82, 2.24) is 10.6 Å². The van der Waals surface area contributed by atoms with Crippen LogP contribution < -0.4 is 10.6 Å². The topological polar surface area (TPSA) is 41.1 Å². The molecule has 0 radical (unpaired) electrons. The van der Waals surface area contributed by atoms with Gasteiger partial charge in [-0.05, 0) is 30.7 Å². The van der Waals surface area contributed by atoms with Gasteiger partial charge in [0.15, 0.2) is 0 Å². The van der Waals surface area contributed by atoms with E-state index in [1.54, 1.807) is 0 Å². The van der Waals surface area contributed by atoms with E-state index in [9.17, 15) is 4.79 Å². The molecule has 1 amide bonds. The lowest BCUT2D eigenvalue weighted by atomic mass is 10.1. The van der Waals surface area contributed by atoms with Crippen LogP contribution in [0.15, 0.2) is 28.7 Å². The van der Waals surface area contributed by atoms with Crippen LogP contribution in [0.1, 0.15) is 12.0 Å². The van der Waals surface area contributed by atoms with E-state index in [1.165, 1.54) is 0 Å². The Morgan fingerprint density at radius 2 is 2.19 bits per heavy atom. The zero-order chi connectivity index (χ0) is 11.4. The summed E-state index contributed by atoms with van der Waals surface area (Å²) in [5.74, 6) is 0.107. The maximum absolute atomic E-state index is 11.7. The largest absolute Gasteiger partial charge is 0.352 e. The van der Waals surface area contributed by atoms with Gasteiger partial charge in [-0.3, -0.25) is 4.79 Å². The van der Waals surface area contributed by atoms with Crippen molar-refractivity contribution in [3.05, 3.63) is 34.3 Å². The lowest BCUT2D eigenvalue weighted by Crippen LogP contribution is -2.37. The smallest absolute Gasteiger partial charge is 0.224 e. The molecule has 1 aliphatic heterocycles. The third-order valence-corrected chi connectivity index (χ3v) is 3.23. The molecule has 16 heavy (non-hydrogen) atoms. The van der Waals surface area contributed by atoms with Crippen molar-refractivity contribution in [2.24, 2.45) is 0 Å². The molecule has 1 aromatic carbocycles. The van der Waals surface area contributed by atoms with Gasteiger partial charge in [0.05, 0.1) is 6.42 Å². The Kier molecular flexibility index (Phi) is 3.96. The second-order valence-corrected chi connectivity index (χ2v) is 4.98. The summed E-state index contributed by atoms with van der Waals surface area (Å²) in [7, 11) is 0. The van der Waals surface area contributed by atoms with Gasteiger partial charge >= 0.3 is 0 Å². The van der Waals surface area contributed by atoms with Crippen molar-refractivity contribution in [2.75, 3.05) is 13.1 Å². The molecule has 4 heteroatoms. The Morgan fingerprint density at radius 1 is 1.44 bits per heavy atom. The number of nitrogens with one attached hydrogen (secondary N) is 2. The lowest BCUT2D eigenvalue weighted by molar-refractivity contribution is -0.121. The van der Waals surface area contributed by atoms with Gasteiger partial charge in [-0.25, -0.2) is 0 Å². The van der Waals surface area contributed by atoms with Gasteiger partial charge in [0.1, 0.15) is 0 Å². The Hall–Kier alpha value is -0.870. The first kappa shape index (κ1) is 11.6. The second-order valence-electron chi connectivity index (χ2n) is 4.06. The standard InChI is InChI=1S/C12H15BrN2O/c13-10-3-1-9(2-4-10)7-12(16)15-11-5-6-14-8-11/h1-4,11,14H,5-8H2,(H,15,16)/t11-/m0/s1. The van der Waals surface area contributed by atoms with Gasteiger partial charge in [0.25, 0.3) is 0 Å². The first-order valence-electron chi connectivity index (χ1n) is 5.48. The van der Waals surface area contributed by atoms with E-state index in [0.717, 1.165) is 29.5 Å². The maximum Gasteiger partial charge on any atom is 0.224 e. The van der Waals surface area contributed by atoms with Gasteiger partial charge in [-0.2, -0.15) is 0 Å². The fourth-order valence-electron chi connectivity index (χ4n) is 1.84. The minimum Gasteiger partial charge on any atom is -0.352 e. The molecule has 2 rings (SSSR count). The van der Waals surface area contributed by atoms with Crippen LogP contribution in [0.5, 0.6) is 0 Å². The zero-order valence-electron chi connectivity index (χ0n) is 9.00.